The summed E-state index contributed by atoms with van der Waals surface area (Å²) in [6.07, 6.45) is 1.74. The predicted octanol–water partition coefficient (Wildman–Crippen LogP) is 4.49. The van der Waals surface area contributed by atoms with Crippen LogP contribution < -0.4 is 15.4 Å². The number of carbonyl (C=O) groups excluding carboxylic acids is 1. The van der Waals surface area contributed by atoms with Crippen molar-refractivity contribution in [1.82, 2.24) is 9.78 Å². The number of halogens is 2. The van der Waals surface area contributed by atoms with Crippen LogP contribution in [0.2, 0.25) is 0 Å². The van der Waals surface area contributed by atoms with Crippen molar-refractivity contribution in [3.63, 3.8) is 0 Å². The highest BCUT2D eigenvalue weighted by atomic mass is 79.9. The van der Waals surface area contributed by atoms with E-state index in [1.165, 1.54) is 12.1 Å². The van der Waals surface area contributed by atoms with Crippen LogP contribution in [0.1, 0.15) is 5.56 Å². The molecule has 1 aromatic heterocycles. The highest BCUT2D eigenvalue weighted by molar-refractivity contribution is 9.10. The number of hydrogen-bond donors (Lipinski definition) is 2. The van der Waals surface area contributed by atoms with E-state index in [-0.39, 0.29) is 5.82 Å². The van der Waals surface area contributed by atoms with Crippen molar-refractivity contribution in [3.8, 4) is 5.75 Å². The van der Waals surface area contributed by atoms with E-state index in [0.29, 0.717) is 28.3 Å². The first kappa shape index (κ1) is 17.9. The average molecular weight is 419 g/mol. The molecule has 0 aliphatic rings. The highest BCUT2D eigenvalue weighted by Crippen LogP contribution is 2.22. The summed E-state index contributed by atoms with van der Waals surface area (Å²) < 4.78 is 20.4. The van der Waals surface area contributed by atoms with Gasteiger partial charge in [0.1, 0.15) is 11.6 Å². The third kappa shape index (κ3) is 4.60. The van der Waals surface area contributed by atoms with E-state index in [9.17, 15) is 9.18 Å². The summed E-state index contributed by atoms with van der Waals surface area (Å²) in [5.41, 5.74) is 1.50. The maximum Gasteiger partial charge on any atom is 0.324 e. The van der Waals surface area contributed by atoms with Crippen LogP contribution in [0.4, 0.5) is 20.7 Å². The van der Waals surface area contributed by atoms with E-state index < -0.39 is 6.03 Å². The van der Waals surface area contributed by atoms with Crippen LogP contribution in [0.5, 0.6) is 5.75 Å². The highest BCUT2D eigenvalue weighted by Gasteiger charge is 2.11. The second-order valence-corrected chi connectivity index (χ2v) is 6.32. The van der Waals surface area contributed by atoms with Gasteiger partial charge in [0, 0.05) is 18.0 Å². The fourth-order valence-corrected chi connectivity index (χ4v) is 2.73. The van der Waals surface area contributed by atoms with Gasteiger partial charge >= 0.3 is 6.03 Å². The van der Waals surface area contributed by atoms with Gasteiger partial charge in [-0.15, -0.1) is 0 Å². The molecule has 0 saturated carbocycles. The molecule has 0 aliphatic carbocycles. The Bertz CT molecular complexity index is 912. The lowest BCUT2D eigenvalue weighted by molar-refractivity contribution is 0.262. The molecule has 1 heterocycles. The standard InChI is InChI=1S/C18H16BrFN4O2/c1-26-15-4-2-3-14(9-15)21-18(25)22-17-16(19)11-24(23-17)10-12-5-7-13(20)8-6-12/h2-9,11H,10H2,1H3,(H2,21,22,23,25). The Kier molecular flexibility index (Phi) is 5.52. The molecule has 3 aromatic rings. The van der Waals surface area contributed by atoms with Crippen LogP contribution in [0.15, 0.2) is 59.2 Å². The van der Waals surface area contributed by atoms with Crippen molar-refractivity contribution in [2.45, 2.75) is 6.54 Å². The van der Waals surface area contributed by atoms with Gasteiger partial charge in [0.05, 0.1) is 18.1 Å². The third-order valence-electron chi connectivity index (χ3n) is 3.53. The SMILES string of the molecule is COc1cccc(NC(=O)Nc2nn(Cc3ccc(F)cc3)cc2Br)c1. The number of hydrogen-bond acceptors (Lipinski definition) is 3. The molecule has 0 unspecified atom stereocenters. The summed E-state index contributed by atoms with van der Waals surface area (Å²) in [5, 5.41) is 9.72. The van der Waals surface area contributed by atoms with Gasteiger partial charge in [0.25, 0.3) is 0 Å². The number of ether oxygens (including phenoxy) is 1. The lowest BCUT2D eigenvalue weighted by atomic mass is 10.2. The Hall–Kier alpha value is -2.87. The third-order valence-corrected chi connectivity index (χ3v) is 4.11. The Morgan fingerprint density at radius 1 is 1.23 bits per heavy atom. The minimum absolute atomic E-state index is 0.285. The number of urea groups is 1. The molecule has 2 N–H and O–H groups in total. The van der Waals surface area contributed by atoms with Crippen molar-refractivity contribution in [1.29, 1.82) is 0 Å². The van der Waals surface area contributed by atoms with Gasteiger partial charge < -0.3 is 10.1 Å². The van der Waals surface area contributed by atoms with Crippen molar-refractivity contribution in [3.05, 3.63) is 70.6 Å². The Morgan fingerprint density at radius 2 is 2.00 bits per heavy atom. The first-order valence-electron chi connectivity index (χ1n) is 7.73. The number of carbonyl (C=O) groups is 1. The summed E-state index contributed by atoms with van der Waals surface area (Å²) in [6, 6.07) is 12.8. The van der Waals surface area contributed by atoms with E-state index in [1.807, 2.05) is 0 Å². The first-order valence-corrected chi connectivity index (χ1v) is 8.52. The summed E-state index contributed by atoms with van der Waals surface area (Å²) in [7, 11) is 1.56. The molecule has 6 nitrogen and oxygen atoms in total. The Labute approximate surface area is 158 Å². The van der Waals surface area contributed by atoms with Crippen LogP contribution in [-0.4, -0.2) is 22.9 Å². The van der Waals surface area contributed by atoms with Gasteiger partial charge in [0.15, 0.2) is 5.82 Å². The second kappa shape index (κ2) is 8.01. The molecular weight excluding hydrogens is 403 g/mol. The molecule has 26 heavy (non-hydrogen) atoms. The topological polar surface area (TPSA) is 68.2 Å². The van der Waals surface area contributed by atoms with Crippen LogP contribution in [0.25, 0.3) is 0 Å². The van der Waals surface area contributed by atoms with Gasteiger partial charge in [-0.3, -0.25) is 10.00 Å². The number of rotatable bonds is 5. The molecule has 0 atom stereocenters. The number of nitrogens with one attached hydrogen (secondary N) is 2. The monoisotopic (exact) mass is 418 g/mol. The van der Waals surface area contributed by atoms with E-state index in [0.717, 1.165) is 5.56 Å². The molecule has 8 heteroatoms. The van der Waals surface area contributed by atoms with Crippen LogP contribution in [0.3, 0.4) is 0 Å². The average Bonchev–Trinajstić information content (AvgIpc) is 2.96. The molecule has 0 bridgehead atoms. The number of amides is 2. The first-order chi connectivity index (χ1) is 12.5. The van der Waals surface area contributed by atoms with Gasteiger partial charge in [-0.05, 0) is 45.8 Å². The second-order valence-electron chi connectivity index (χ2n) is 5.46. The maximum atomic E-state index is 13.0. The van der Waals surface area contributed by atoms with Crippen LogP contribution in [0, 0.1) is 5.82 Å². The van der Waals surface area contributed by atoms with E-state index in [1.54, 1.807) is 54.4 Å². The van der Waals surface area contributed by atoms with Crippen LogP contribution in [-0.2, 0) is 6.54 Å². The van der Waals surface area contributed by atoms with Crippen molar-refractivity contribution in [2.75, 3.05) is 17.7 Å². The van der Waals surface area contributed by atoms with Gasteiger partial charge in [-0.2, -0.15) is 5.10 Å². The molecule has 0 aliphatic heterocycles. The number of aromatic nitrogens is 2. The zero-order valence-corrected chi connectivity index (χ0v) is 15.5. The molecule has 0 spiro atoms. The molecule has 0 saturated heterocycles. The maximum absolute atomic E-state index is 13.0. The molecule has 134 valence electrons. The van der Waals surface area contributed by atoms with E-state index in [4.69, 9.17) is 4.74 Å². The number of anilines is 2. The van der Waals surface area contributed by atoms with Gasteiger partial charge in [-0.1, -0.05) is 18.2 Å². The molecule has 2 aromatic carbocycles. The molecule has 3 rings (SSSR count). The molecule has 2 amide bonds. The summed E-state index contributed by atoms with van der Waals surface area (Å²) in [5.74, 6) is 0.743. The minimum atomic E-state index is -0.425. The quantitative estimate of drug-likeness (QED) is 0.641. The predicted molar refractivity (Wildman–Crippen MR) is 101 cm³/mol. The molecule has 0 radical (unpaired) electrons. The lowest BCUT2D eigenvalue weighted by Crippen LogP contribution is -2.20. The van der Waals surface area contributed by atoms with E-state index in [2.05, 4.69) is 31.7 Å². The fraction of sp³-hybridized carbons (Fsp3) is 0.111. The van der Waals surface area contributed by atoms with Gasteiger partial charge in [-0.25, -0.2) is 9.18 Å². The Morgan fingerprint density at radius 3 is 2.73 bits per heavy atom. The zero-order chi connectivity index (χ0) is 18.5. The minimum Gasteiger partial charge on any atom is -0.497 e. The van der Waals surface area contributed by atoms with E-state index >= 15 is 0 Å². The summed E-state index contributed by atoms with van der Waals surface area (Å²) >= 11 is 3.37. The smallest absolute Gasteiger partial charge is 0.324 e. The van der Waals surface area contributed by atoms with Crippen LogP contribution >= 0.6 is 15.9 Å². The summed E-state index contributed by atoms with van der Waals surface area (Å²) in [4.78, 5) is 12.2. The number of methoxy groups -OCH3 is 1. The Balaban J connectivity index is 1.65. The fourth-order valence-electron chi connectivity index (χ4n) is 2.31. The molecule has 0 fully saturated rings. The van der Waals surface area contributed by atoms with Gasteiger partial charge in [0.2, 0.25) is 0 Å². The van der Waals surface area contributed by atoms with Crippen molar-refractivity contribution >= 4 is 33.5 Å². The lowest BCUT2D eigenvalue weighted by Gasteiger charge is -2.07. The zero-order valence-electron chi connectivity index (χ0n) is 13.9. The normalized spacial score (nSPS) is 10.4. The largest absolute Gasteiger partial charge is 0.497 e. The number of nitrogens with zero attached hydrogens (tertiary/aromatic N) is 2. The number of benzene rings is 2. The summed E-state index contributed by atoms with van der Waals surface area (Å²) in [6.45, 7) is 0.456. The van der Waals surface area contributed by atoms with Crippen molar-refractivity contribution in [2.24, 2.45) is 0 Å². The molecular formula is C18H16BrFN4O2. The van der Waals surface area contributed by atoms with Crippen molar-refractivity contribution < 1.29 is 13.9 Å².